The first kappa shape index (κ1) is 13.8. The average Bonchev–Trinajstić information content (AvgIpc) is 2.45. The van der Waals surface area contributed by atoms with Gasteiger partial charge in [-0.25, -0.2) is 0 Å². The van der Waals surface area contributed by atoms with Crippen molar-refractivity contribution < 1.29 is 4.74 Å². The van der Waals surface area contributed by atoms with Crippen LogP contribution in [0.3, 0.4) is 0 Å². The summed E-state index contributed by atoms with van der Waals surface area (Å²) < 4.78 is 5.94. The van der Waals surface area contributed by atoms with Crippen LogP contribution in [0.2, 0.25) is 0 Å². The SMILES string of the molecule is CC1CNC2(CCCCC2)CN1CC1CCCCO1. The second-order valence-corrected chi connectivity index (χ2v) is 6.99. The molecule has 1 N–H and O–H groups in total. The van der Waals surface area contributed by atoms with E-state index in [0.717, 1.165) is 19.7 Å². The third-order valence-electron chi connectivity index (χ3n) is 5.42. The molecule has 3 heteroatoms. The molecule has 1 saturated carbocycles. The van der Waals surface area contributed by atoms with Gasteiger partial charge in [-0.3, -0.25) is 4.90 Å². The van der Waals surface area contributed by atoms with Gasteiger partial charge in [0.15, 0.2) is 0 Å². The van der Waals surface area contributed by atoms with Crippen molar-refractivity contribution in [3.8, 4) is 0 Å². The standard InChI is InChI=1S/C16H30N2O/c1-14-11-17-16(8-4-2-5-9-16)13-18(14)12-15-7-3-6-10-19-15/h14-15,17H,2-13H2,1H3. The molecule has 3 rings (SSSR count). The Kier molecular flexibility index (Phi) is 4.45. The molecule has 2 unspecified atom stereocenters. The zero-order valence-corrected chi connectivity index (χ0v) is 12.5. The monoisotopic (exact) mass is 266 g/mol. The summed E-state index contributed by atoms with van der Waals surface area (Å²) in [5.74, 6) is 0. The van der Waals surface area contributed by atoms with Gasteiger partial charge in [0.2, 0.25) is 0 Å². The van der Waals surface area contributed by atoms with E-state index in [0.29, 0.717) is 17.7 Å². The summed E-state index contributed by atoms with van der Waals surface area (Å²) in [6.45, 7) is 6.91. The third kappa shape index (κ3) is 3.32. The number of hydrogen-bond donors (Lipinski definition) is 1. The van der Waals surface area contributed by atoms with E-state index in [1.807, 2.05) is 0 Å². The van der Waals surface area contributed by atoms with E-state index in [4.69, 9.17) is 4.74 Å². The molecular weight excluding hydrogens is 236 g/mol. The smallest absolute Gasteiger partial charge is 0.0702 e. The zero-order valence-electron chi connectivity index (χ0n) is 12.5. The van der Waals surface area contributed by atoms with Crippen molar-refractivity contribution >= 4 is 0 Å². The summed E-state index contributed by atoms with van der Waals surface area (Å²) in [4.78, 5) is 2.71. The van der Waals surface area contributed by atoms with Crippen LogP contribution in [0.1, 0.15) is 58.3 Å². The van der Waals surface area contributed by atoms with Crippen molar-refractivity contribution in [2.75, 3.05) is 26.2 Å². The van der Waals surface area contributed by atoms with Gasteiger partial charge in [-0.05, 0) is 39.0 Å². The maximum atomic E-state index is 5.94. The van der Waals surface area contributed by atoms with E-state index in [1.54, 1.807) is 0 Å². The quantitative estimate of drug-likeness (QED) is 0.831. The molecule has 2 aliphatic heterocycles. The second-order valence-electron chi connectivity index (χ2n) is 6.99. The summed E-state index contributed by atoms with van der Waals surface area (Å²) in [6, 6.07) is 0.665. The lowest BCUT2D eigenvalue weighted by atomic mass is 9.79. The van der Waals surface area contributed by atoms with Crippen molar-refractivity contribution in [1.82, 2.24) is 10.2 Å². The van der Waals surface area contributed by atoms with E-state index in [2.05, 4.69) is 17.1 Å². The maximum absolute atomic E-state index is 5.94. The first-order valence-electron chi connectivity index (χ1n) is 8.38. The highest BCUT2D eigenvalue weighted by Crippen LogP contribution is 2.32. The Morgan fingerprint density at radius 3 is 2.74 bits per heavy atom. The van der Waals surface area contributed by atoms with Gasteiger partial charge in [0.25, 0.3) is 0 Å². The highest BCUT2D eigenvalue weighted by atomic mass is 16.5. The van der Waals surface area contributed by atoms with Crippen LogP contribution in [-0.4, -0.2) is 48.8 Å². The Labute approximate surface area is 118 Å². The summed E-state index contributed by atoms with van der Waals surface area (Å²) in [5, 5.41) is 3.87. The fraction of sp³-hybridized carbons (Fsp3) is 1.00. The predicted molar refractivity (Wildman–Crippen MR) is 78.4 cm³/mol. The predicted octanol–water partition coefficient (Wildman–Crippen LogP) is 2.55. The van der Waals surface area contributed by atoms with Crippen molar-refractivity contribution in [3.63, 3.8) is 0 Å². The summed E-state index contributed by atoms with van der Waals surface area (Å²) in [7, 11) is 0. The molecule has 0 bridgehead atoms. The normalized spacial score (nSPS) is 36.5. The molecule has 0 amide bonds. The molecule has 2 atom stereocenters. The van der Waals surface area contributed by atoms with Crippen LogP contribution in [0.5, 0.6) is 0 Å². The van der Waals surface area contributed by atoms with Crippen LogP contribution >= 0.6 is 0 Å². The number of nitrogens with zero attached hydrogens (tertiary/aromatic N) is 1. The topological polar surface area (TPSA) is 24.5 Å². The number of nitrogens with one attached hydrogen (secondary N) is 1. The van der Waals surface area contributed by atoms with Crippen molar-refractivity contribution in [1.29, 1.82) is 0 Å². The molecule has 2 heterocycles. The Bertz CT molecular complexity index is 282. The van der Waals surface area contributed by atoms with Crippen LogP contribution in [-0.2, 0) is 4.74 Å². The first-order chi connectivity index (χ1) is 9.27. The maximum Gasteiger partial charge on any atom is 0.0702 e. The van der Waals surface area contributed by atoms with Crippen molar-refractivity contribution in [2.24, 2.45) is 0 Å². The fourth-order valence-corrected chi connectivity index (χ4v) is 4.11. The Morgan fingerprint density at radius 1 is 1.16 bits per heavy atom. The van der Waals surface area contributed by atoms with Crippen LogP contribution < -0.4 is 5.32 Å². The molecule has 1 spiro atoms. The molecule has 3 aliphatic rings. The number of piperazine rings is 1. The first-order valence-corrected chi connectivity index (χ1v) is 8.38. The van der Waals surface area contributed by atoms with Crippen LogP contribution in [0.15, 0.2) is 0 Å². The summed E-state index contributed by atoms with van der Waals surface area (Å²) in [5.41, 5.74) is 0.430. The molecule has 0 radical (unpaired) electrons. The van der Waals surface area contributed by atoms with E-state index in [1.165, 1.54) is 57.9 Å². The van der Waals surface area contributed by atoms with E-state index in [-0.39, 0.29) is 0 Å². The molecule has 0 aromatic carbocycles. The molecule has 110 valence electrons. The van der Waals surface area contributed by atoms with Gasteiger partial charge in [0, 0.05) is 37.8 Å². The fourth-order valence-electron chi connectivity index (χ4n) is 4.11. The van der Waals surface area contributed by atoms with Gasteiger partial charge in [0.05, 0.1) is 6.10 Å². The number of hydrogen-bond acceptors (Lipinski definition) is 3. The minimum Gasteiger partial charge on any atom is -0.377 e. The van der Waals surface area contributed by atoms with Crippen LogP contribution in [0.4, 0.5) is 0 Å². The second kappa shape index (κ2) is 6.11. The highest BCUT2D eigenvalue weighted by molar-refractivity contribution is 4.99. The van der Waals surface area contributed by atoms with Crippen molar-refractivity contribution in [2.45, 2.75) is 76.0 Å². The Hall–Kier alpha value is -0.120. The Morgan fingerprint density at radius 2 is 2.00 bits per heavy atom. The Balaban J connectivity index is 1.58. The zero-order chi connectivity index (χ0) is 13.1. The molecular formula is C16H30N2O. The van der Waals surface area contributed by atoms with Gasteiger partial charge in [-0.1, -0.05) is 19.3 Å². The molecule has 1 aliphatic carbocycles. The lowest BCUT2D eigenvalue weighted by Gasteiger charge is -2.49. The molecule has 0 aromatic heterocycles. The van der Waals surface area contributed by atoms with Crippen LogP contribution in [0, 0.1) is 0 Å². The van der Waals surface area contributed by atoms with E-state index < -0.39 is 0 Å². The minimum absolute atomic E-state index is 0.430. The lowest BCUT2D eigenvalue weighted by Crippen LogP contribution is -2.65. The molecule has 3 fully saturated rings. The van der Waals surface area contributed by atoms with E-state index in [9.17, 15) is 0 Å². The number of ether oxygens (including phenoxy) is 1. The van der Waals surface area contributed by atoms with Gasteiger partial charge < -0.3 is 10.1 Å². The van der Waals surface area contributed by atoms with Gasteiger partial charge in [0.1, 0.15) is 0 Å². The van der Waals surface area contributed by atoms with Gasteiger partial charge in [-0.2, -0.15) is 0 Å². The summed E-state index contributed by atoms with van der Waals surface area (Å²) in [6.07, 6.45) is 11.4. The van der Waals surface area contributed by atoms with E-state index >= 15 is 0 Å². The van der Waals surface area contributed by atoms with Gasteiger partial charge in [-0.15, -0.1) is 0 Å². The highest BCUT2D eigenvalue weighted by Gasteiger charge is 2.39. The molecule has 0 aromatic rings. The minimum atomic E-state index is 0.430. The average molecular weight is 266 g/mol. The van der Waals surface area contributed by atoms with Gasteiger partial charge >= 0.3 is 0 Å². The molecule has 19 heavy (non-hydrogen) atoms. The number of rotatable bonds is 2. The summed E-state index contributed by atoms with van der Waals surface area (Å²) >= 11 is 0. The van der Waals surface area contributed by atoms with Crippen LogP contribution in [0.25, 0.3) is 0 Å². The molecule has 3 nitrogen and oxygen atoms in total. The third-order valence-corrected chi connectivity index (χ3v) is 5.42. The lowest BCUT2D eigenvalue weighted by molar-refractivity contribution is -0.0311. The molecule has 2 saturated heterocycles. The largest absolute Gasteiger partial charge is 0.377 e. The van der Waals surface area contributed by atoms with Crippen molar-refractivity contribution in [3.05, 3.63) is 0 Å².